The molecule has 0 unspecified atom stereocenters. The number of allylic oxidation sites excluding steroid dienone is 3. The van der Waals surface area contributed by atoms with Crippen LogP contribution < -0.4 is 10.4 Å². The molecule has 0 aliphatic heterocycles. The molecule has 0 amide bonds. The molecule has 3 aliphatic carbocycles. The Labute approximate surface area is 120 Å². The first kappa shape index (κ1) is 12.0. The maximum absolute atomic E-state index is 3.97. The molecule has 0 N–H and O–H groups in total. The van der Waals surface area contributed by atoms with Gasteiger partial charge >= 0.3 is 0 Å². The molecule has 4 rings (SSSR count). The third-order valence-electron chi connectivity index (χ3n) is 5.45. The van der Waals surface area contributed by atoms with Gasteiger partial charge in [-0.2, -0.15) is 0 Å². The summed E-state index contributed by atoms with van der Waals surface area (Å²) in [4.78, 5) is 0. The first-order valence-corrected chi connectivity index (χ1v) is 7.71. The average molecular weight is 260 g/mol. The van der Waals surface area contributed by atoms with Gasteiger partial charge in [0.1, 0.15) is 0 Å². The highest BCUT2D eigenvalue weighted by Crippen LogP contribution is 2.54. The lowest BCUT2D eigenvalue weighted by atomic mass is 9.76. The van der Waals surface area contributed by atoms with Crippen LogP contribution in [0.4, 0.5) is 0 Å². The minimum Gasteiger partial charge on any atom is -0.112 e. The van der Waals surface area contributed by atoms with Gasteiger partial charge in [-0.1, -0.05) is 30.9 Å². The van der Waals surface area contributed by atoms with Crippen molar-refractivity contribution in [2.75, 3.05) is 0 Å². The Kier molecular flexibility index (Phi) is 2.62. The van der Waals surface area contributed by atoms with Gasteiger partial charge in [-0.3, -0.25) is 0 Å². The molecule has 0 atom stereocenters. The quantitative estimate of drug-likeness (QED) is 0.764. The van der Waals surface area contributed by atoms with E-state index in [0.29, 0.717) is 5.41 Å². The zero-order chi connectivity index (χ0) is 13.6. The molecular weight excluding hydrogens is 240 g/mol. The summed E-state index contributed by atoms with van der Waals surface area (Å²) < 4.78 is 0. The van der Waals surface area contributed by atoms with E-state index < -0.39 is 0 Å². The summed E-state index contributed by atoms with van der Waals surface area (Å²) in [5.41, 5.74) is 6.72. The fourth-order valence-electron chi connectivity index (χ4n) is 4.43. The topological polar surface area (TPSA) is 0 Å². The van der Waals surface area contributed by atoms with E-state index >= 15 is 0 Å². The molecule has 2 fully saturated rings. The van der Waals surface area contributed by atoms with Crippen LogP contribution in [0.25, 0.3) is 17.9 Å². The highest BCUT2D eigenvalue weighted by Gasteiger charge is 2.46. The van der Waals surface area contributed by atoms with E-state index in [1.807, 2.05) is 6.08 Å². The van der Waals surface area contributed by atoms with Gasteiger partial charge in [0, 0.05) is 5.22 Å². The molecule has 0 heteroatoms. The lowest BCUT2D eigenvalue weighted by Gasteiger charge is -2.28. The van der Waals surface area contributed by atoms with E-state index in [0.717, 1.165) is 5.92 Å². The zero-order valence-electron chi connectivity index (χ0n) is 11.9. The Bertz CT molecular complexity index is 746. The lowest BCUT2D eigenvalue weighted by molar-refractivity contribution is 0.417. The third-order valence-corrected chi connectivity index (χ3v) is 5.45. The fraction of sp³-hybridized carbons (Fsp3) is 0.350. The summed E-state index contributed by atoms with van der Waals surface area (Å²) in [5, 5.41) is 2.62. The van der Waals surface area contributed by atoms with Crippen molar-refractivity contribution < 1.29 is 0 Å². The Hall–Kier alpha value is -1.78. The molecule has 20 heavy (non-hydrogen) atoms. The van der Waals surface area contributed by atoms with Gasteiger partial charge in [0.25, 0.3) is 0 Å². The van der Waals surface area contributed by atoms with Crippen molar-refractivity contribution >= 4 is 17.9 Å². The summed E-state index contributed by atoms with van der Waals surface area (Å²) in [6.45, 7) is 3.97. The molecule has 0 spiro atoms. The fourth-order valence-corrected chi connectivity index (χ4v) is 4.43. The van der Waals surface area contributed by atoms with E-state index in [9.17, 15) is 0 Å². The van der Waals surface area contributed by atoms with Gasteiger partial charge < -0.3 is 0 Å². The molecule has 0 aromatic heterocycles. The minimum atomic E-state index is 0.423. The van der Waals surface area contributed by atoms with Crippen LogP contribution in [-0.2, 0) is 5.41 Å². The number of fused-ring (bicyclic) bond motifs is 3. The summed E-state index contributed by atoms with van der Waals surface area (Å²) in [6, 6.07) is 4.61. The highest BCUT2D eigenvalue weighted by atomic mass is 14.5. The van der Waals surface area contributed by atoms with E-state index in [1.165, 1.54) is 53.7 Å². The van der Waals surface area contributed by atoms with E-state index in [2.05, 4.69) is 48.7 Å². The van der Waals surface area contributed by atoms with Crippen LogP contribution in [0.5, 0.6) is 0 Å². The monoisotopic (exact) mass is 260 g/mol. The highest BCUT2D eigenvalue weighted by molar-refractivity contribution is 5.56. The molecule has 0 saturated heterocycles. The Morgan fingerprint density at radius 1 is 1.20 bits per heavy atom. The van der Waals surface area contributed by atoms with Crippen LogP contribution in [0.2, 0.25) is 0 Å². The molecule has 0 nitrogen and oxygen atoms in total. The summed E-state index contributed by atoms with van der Waals surface area (Å²) in [5.74, 6) is 0.967. The van der Waals surface area contributed by atoms with Crippen LogP contribution in [-0.4, -0.2) is 0 Å². The van der Waals surface area contributed by atoms with Crippen LogP contribution in [0, 0.1) is 5.92 Å². The van der Waals surface area contributed by atoms with Crippen molar-refractivity contribution in [3.63, 3.8) is 0 Å². The first-order chi connectivity index (χ1) is 9.81. The second kappa shape index (κ2) is 4.36. The predicted octanol–water partition coefficient (Wildman–Crippen LogP) is 3.45. The SMILES string of the molecule is C=Cc1cc(C23CCC(CC2)C3)c2c(c1)=CC=CC=C=2. The zero-order valence-corrected chi connectivity index (χ0v) is 11.9. The Balaban J connectivity index is 2.05. The van der Waals surface area contributed by atoms with Crippen molar-refractivity contribution in [1.29, 1.82) is 0 Å². The van der Waals surface area contributed by atoms with Crippen LogP contribution >= 0.6 is 0 Å². The second-order valence-corrected chi connectivity index (χ2v) is 6.53. The predicted molar refractivity (Wildman–Crippen MR) is 85.6 cm³/mol. The molecule has 0 radical (unpaired) electrons. The standard InChI is InChI=1S/C20H20/c1-2-15-12-17-6-4-3-5-7-18(17)19(13-15)20-10-8-16(14-20)9-11-20/h2-6,12-13,16H,1,8-11,14H2. The largest absolute Gasteiger partial charge is 0.112 e. The van der Waals surface area contributed by atoms with Gasteiger partial charge in [-0.15, -0.1) is 5.73 Å². The van der Waals surface area contributed by atoms with Gasteiger partial charge in [0.05, 0.1) is 0 Å². The molecule has 2 saturated carbocycles. The van der Waals surface area contributed by atoms with Crippen molar-refractivity contribution in [3.05, 3.63) is 58.5 Å². The number of hydrogen-bond acceptors (Lipinski definition) is 0. The van der Waals surface area contributed by atoms with Crippen molar-refractivity contribution in [3.8, 4) is 0 Å². The summed E-state index contributed by atoms with van der Waals surface area (Å²) in [6.07, 6.45) is 17.4. The maximum Gasteiger partial charge on any atom is 0.0275 e. The Morgan fingerprint density at radius 2 is 2.05 bits per heavy atom. The molecule has 0 heterocycles. The van der Waals surface area contributed by atoms with Crippen LogP contribution in [0.15, 0.2) is 36.9 Å². The smallest absolute Gasteiger partial charge is 0.0275 e. The molecule has 3 aliphatic rings. The van der Waals surface area contributed by atoms with Crippen LogP contribution in [0.1, 0.15) is 43.2 Å². The number of rotatable bonds is 2. The normalized spacial score (nSPS) is 29.5. The first-order valence-electron chi connectivity index (χ1n) is 7.71. The van der Waals surface area contributed by atoms with Gasteiger partial charge in [0.15, 0.2) is 0 Å². The van der Waals surface area contributed by atoms with Gasteiger partial charge in [-0.05, 0) is 78.0 Å². The summed E-state index contributed by atoms with van der Waals surface area (Å²) >= 11 is 0. The van der Waals surface area contributed by atoms with E-state index in [4.69, 9.17) is 0 Å². The molecule has 1 aromatic rings. The maximum atomic E-state index is 3.97. The lowest BCUT2D eigenvalue weighted by Crippen LogP contribution is -2.36. The van der Waals surface area contributed by atoms with E-state index in [1.54, 1.807) is 0 Å². The van der Waals surface area contributed by atoms with Gasteiger partial charge in [0.2, 0.25) is 0 Å². The van der Waals surface area contributed by atoms with Crippen molar-refractivity contribution in [2.45, 2.75) is 37.5 Å². The van der Waals surface area contributed by atoms with Gasteiger partial charge in [-0.25, -0.2) is 0 Å². The van der Waals surface area contributed by atoms with Crippen molar-refractivity contribution in [1.82, 2.24) is 0 Å². The molecule has 1 aromatic carbocycles. The minimum absolute atomic E-state index is 0.423. The van der Waals surface area contributed by atoms with Crippen LogP contribution in [0.3, 0.4) is 0 Å². The molecule has 100 valence electrons. The molecule has 2 bridgehead atoms. The average Bonchev–Trinajstić information content (AvgIpc) is 3.01. The third kappa shape index (κ3) is 1.69. The van der Waals surface area contributed by atoms with Crippen molar-refractivity contribution in [2.24, 2.45) is 5.92 Å². The number of benzene rings is 1. The Morgan fingerprint density at radius 3 is 2.75 bits per heavy atom. The summed E-state index contributed by atoms with van der Waals surface area (Å²) in [7, 11) is 0. The number of hydrogen-bond donors (Lipinski definition) is 0. The second-order valence-electron chi connectivity index (χ2n) is 6.53. The molecular formula is C20H20. The van der Waals surface area contributed by atoms with E-state index in [-0.39, 0.29) is 0 Å².